The minimum Gasteiger partial charge on any atom is -0.406 e. The maximum atomic E-state index is 12.1. The van der Waals surface area contributed by atoms with E-state index in [0.29, 0.717) is 10.7 Å². The van der Waals surface area contributed by atoms with E-state index in [2.05, 4.69) is 9.84 Å². The Labute approximate surface area is 134 Å². The minimum absolute atomic E-state index is 0.272. The summed E-state index contributed by atoms with van der Waals surface area (Å²) in [6.07, 6.45) is -1.25. The molecule has 0 amide bonds. The first-order valence-electron chi connectivity index (χ1n) is 6.57. The van der Waals surface area contributed by atoms with Crippen LogP contribution in [0.3, 0.4) is 0 Å². The Balaban J connectivity index is 1.81. The van der Waals surface area contributed by atoms with Crippen molar-refractivity contribution in [2.24, 2.45) is 0 Å². The molecule has 118 valence electrons. The van der Waals surface area contributed by atoms with E-state index in [1.807, 2.05) is 12.1 Å². The lowest BCUT2D eigenvalue weighted by atomic mass is 10.1. The van der Waals surface area contributed by atoms with Crippen molar-refractivity contribution < 1.29 is 17.9 Å². The third-order valence-corrected chi connectivity index (χ3v) is 3.35. The van der Waals surface area contributed by atoms with Gasteiger partial charge < -0.3 is 4.74 Å². The molecule has 23 heavy (non-hydrogen) atoms. The zero-order valence-corrected chi connectivity index (χ0v) is 12.3. The summed E-state index contributed by atoms with van der Waals surface area (Å²) >= 11 is 5.85. The molecule has 0 aliphatic heterocycles. The highest BCUT2D eigenvalue weighted by Crippen LogP contribution is 2.25. The van der Waals surface area contributed by atoms with Crippen molar-refractivity contribution in [1.82, 2.24) is 9.78 Å². The summed E-state index contributed by atoms with van der Waals surface area (Å²) < 4.78 is 41.8. The van der Waals surface area contributed by atoms with Crippen molar-refractivity contribution >= 4 is 11.6 Å². The van der Waals surface area contributed by atoms with E-state index in [0.717, 1.165) is 11.1 Å². The van der Waals surface area contributed by atoms with Gasteiger partial charge in [0, 0.05) is 16.8 Å². The van der Waals surface area contributed by atoms with Gasteiger partial charge in [-0.2, -0.15) is 5.10 Å². The van der Waals surface area contributed by atoms with E-state index in [1.165, 1.54) is 24.3 Å². The molecule has 7 heteroatoms. The van der Waals surface area contributed by atoms with Crippen molar-refractivity contribution in [3.8, 4) is 22.6 Å². The second-order valence-electron chi connectivity index (χ2n) is 4.72. The summed E-state index contributed by atoms with van der Waals surface area (Å²) in [7, 11) is 0. The van der Waals surface area contributed by atoms with Crippen molar-refractivity contribution in [2.45, 2.75) is 6.36 Å². The highest BCUT2D eigenvalue weighted by Gasteiger charge is 2.30. The average molecular weight is 339 g/mol. The van der Waals surface area contributed by atoms with Crippen LogP contribution in [0.2, 0.25) is 5.02 Å². The Morgan fingerprint density at radius 2 is 1.57 bits per heavy atom. The van der Waals surface area contributed by atoms with Gasteiger partial charge in [-0.3, -0.25) is 0 Å². The number of hydrogen-bond donors (Lipinski definition) is 0. The molecular formula is C16H10ClF3N2O. The van der Waals surface area contributed by atoms with Gasteiger partial charge in [-0.15, -0.1) is 13.2 Å². The molecule has 0 atom stereocenters. The number of aromatic nitrogens is 2. The van der Waals surface area contributed by atoms with Crippen molar-refractivity contribution in [1.29, 1.82) is 0 Å². The molecule has 1 aromatic heterocycles. The third-order valence-electron chi connectivity index (χ3n) is 3.09. The topological polar surface area (TPSA) is 27.1 Å². The van der Waals surface area contributed by atoms with Gasteiger partial charge in [0.25, 0.3) is 0 Å². The van der Waals surface area contributed by atoms with Gasteiger partial charge in [-0.1, -0.05) is 23.7 Å². The molecule has 0 bridgehead atoms. The summed E-state index contributed by atoms with van der Waals surface area (Å²) in [6.45, 7) is 0. The van der Waals surface area contributed by atoms with Gasteiger partial charge in [0.2, 0.25) is 0 Å². The molecule has 2 aromatic carbocycles. The summed E-state index contributed by atoms with van der Waals surface area (Å²) in [4.78, 5) is 0. The van der Waals surface area contributed by atoms with E-state index in [-0.39, 0.29) is 5.75 Å². The Morgan fingerprint density at radius 1 is 0.913 bits per heavy atom. The Bertz CT molecular complexity index is 795. The van der Waals surface area contributed by atoms with Crippen molar-refractivity contribution in [3.05, 3.63) is 65.9 Å². The minimum atomic E-state index is -4.70. The first-order chi connectivity index (χ1) is 10.9. The molecule has 0 N–H and O–H groups in total. The molecule has 0 saturated heterocycles. The summed E-state index contributed by atoms with van der Waals surface area (Å²) in [5.41, 5.74) is 2.44. The second-order valence-corrected chi connectivity index (χ2v) is 5.16. The molecule has 1 heterocycles. The predicted molar refractivity (Wildman–Crippen MR) is 80.7 cm³/mol. The van der Waals surface area contributed by atoms with Crippen LogP contribution in [0.4, 0.5) is 13.2 Å². The average Bonchev–Trinajstić information content (AvgIpc) is 2.97. The van der Waals surface area contributed by atoms with Gasteiger partial charge in [0.1, 0.15) is 5.75 Å². The molecule has 0 spiro atoms. The number of alkyl halides is 3. The zero-order valence-electron chi connectivity index (χ0n) is 11.6. The fraction of sp³-hybridized carbons (Fsp3) is 0.0625. The van der Waals surface area contributed by atoms with Gasteiger partial charge >= 0.3 is 6.36 Å². The summed E-state index contributed by atoms with van der Waals surface area (Å²) in [6, 6.07) is 12.8. The molecular weight excluding hydrogens is 329 g/mol. The van der Waals surface area contributed by atoms with Gasteiger partial charge in [0.15, 0.2) is 0 Å². The number of benzene rings is 2. The van der Waals surface area contributed by atoms with Crippen LogP contribution in [-0.2, 0) is 0 Å². The quantitative estimate of drug-likeness (QED) is 0.665. The first-order valence-corrected chi connectivity index (χ1v) is 6.95. The Hall–Kier alpha value is -2.47. The molecule has 3 aromatic rings. The number of halogens is 4. The van der Waals surface area contributed by atoms with Crippen LogP contribution in [0.5, 0.6) is 5.75 Å². The fourth-order valence-electron chi connectivity index (χ4n) is 2.06. The SMILES string of the molecule is FC(F)(F)Oc1ccc(-n2cc(-c3ccc(Cl)cc3)cn2)cc1. The molecule has 0 unspecified atom stereocenters. The summed E-state index contributed by atoms with van der Waals surface area (Å²) in [5, 5.41) is 4.85. The van der Waals surface area contributed by atoms with Crippen molar-refractivity contribution in [3.63, 3.8) is 0 Å². The second kappa shape index (κ2) is 5.96. The van der Waals surface area contributed by atoms with Gasteiger partial charge in [-0.05, 0) is 42.0 Å². The van der Waals surface area contributed by atoms with E-state index in [9.17, 15) is 13.2 Å². The van der Waals surface area contributed by atoms with E-state index in [4.69, 9.17) is 11.6 Å². The van der Waals surface area contributed by atoms with Crippen LogP contribution in [-0.4, -0.2) is 16.1 Å². The van der Waals surface area contributed by atoms with Crippen LogP contribution in [0.25, 0.3) is 16.8 Å². The predicted octanol–water partition coefficient (Wildman–Crippen LogP) is 5.09. The van der Waals surface area contributed by atoms with Crippen LogP contribution >= 0.6 is 11.6 Å². The lowest BCUT2D eigenvalue weighted by molar-refractivity contribution is -0.274. The van der Waals surface area contributed by atoms with Crippen molar-refractivity contribution in [2.75, 3.05) is 0 Å². The maximum absolute atomic E-state index is 12.1. The lowest BCUT2D eigenvalue weighted by Gasteiger charge is -2.09. The van der Waals surface area contributed by atoms with E-state index < -0.39 is 6.36 Å². The van der Waals surface area contributed by atoms with Gasteiger partial charge in [0.05, 0.1) is 11.9 Å². The number of ether oxygens (including phenoxy) is 1. The molecule has 0 aliphatic rings. The van der Waals surface area contributed by atoms with E-state index >= 15 is 0 Å². The maximum Gasteiger partial charge on any atom is 0.573 e. The zero-order chi connectivity index (χ0) is 16.4. The van der Waals surface area contributed by atoms with E-state index in [1.54, 1.807) is 29.2 Å². The Morgan fingerprint density at radius 3 is 2.17 bits per heavy atom. The highest BCUT2D eigenvalue weighted by molar-refractivity contribution is 6.30. The lowest BCUT2D eigenvalue weighted by Crippen LogP contribution is -2.17. The Kier molecular flexibility index (Phi) is 4.00. The normalized spacial score (nSPS) is 11.5. The monoisotopic (exact) mass is 338 g/mol. The largest absolute Gasteiger partial charge is 0.573 e. The van der Waals surface area contributed by atoms with Crippen LogP contribution in [0, 0.1) is 0 Å². The number of rotatable bonds is 3. The van der Waals surface area contributed by atoms with Crippen LogP contribution < -0.4 is 4.74 Å². The molecule has 0 aliphatic carbocycles. The number of nitrogens with zero attached hydrogens (tertiary/aromatic N) is 2. The molecule has 3 rings (SSSR count). The van der Waals surface area contributed by atoms with Gasteiger partial charge in [-0.25, -0.2) is 4.68 Å². The van der Waals surface area contributed by atoms with Crippen LogP contribution in [0.15, 0.2) is 60.9 Å². The molecule has 0 saturated carbocycles. The third kappa shape index (κ3) is 3.84. The number of hydrogen-bond acceptors (Lipinski definition) is 2. The first kappa shape index (κ1) is 15.4. The molecule has 0 fully saturated rings. The molecule has 0 radical (unpaired) electrons. The smallest absolute Gasteiger partial charge is 0.406 e. The fourth-order valence-corrected chi connectivity index (χ4v) is 2.18. The standard InChI is InChI=1S/C16H10ClF3N2O/c17-13-3-1-11(2-4-13)12-9-21-22(10-12)14-5-7-15(8-6-14)23-16(18,19)20/h1-10H. The summed E-state index contributed by atoms with van der Waals surface area (Å²) in [5.74, 6) is -0.272. The van der Waals surface area contributed by atoms with Crippen LogP contribution in [0.1, 0.15) is 0 Å². The highest BCUT2D eigenvalue weighted by atomic mass is 35.5. The molecule has 3 nitrogen and oxygen atoms in total.